The Morgan fingerprint density at radius 1 is 1.39 bits per heavy atom. The quantitative estimate of drug-likeness (QED) is 0.891. The van der Waals surface area contributed by atoms with Crippen LogP contribution < -0.4 is 5.32 Å². The van der Waals surface area contributed by atoms with Crippen LogP contribution in [0.25, 0.3) is 11.0 Å². The third kappa shape index (κ3) is 1.93. The first kappa shape index (κ1) is 11.7. The molecule has 0 saturated heterocycles. The number of nitrogens with one attached hydrogen (secondary N) is 1. The highest BCUT2D eigenvalue weighted by atomic mass is 19.1. The number of furan rings is 1. The zero-order chi connectivity index (χ0) is 12.7. The second-order valence-electron chi connectivity index (χ2n) is 5.09. The van der Waals surface area contributed by atoms with Crippen molar-refractivity contribution >= 4 is 11.0 Å². The molecule has 1 fully saturated rings. The number of fused-ring (bicyclic) bond motifs is 1. The topological polar surface area (TPSA) is 25.2 Å². The Kier molecular flexibility index (Phi) is 2.86. The minimum atomic E-state index is -0.222. The van der Waals surface area contributed by atoms with Gasteiger partial charge in [-0.05, 0) is 31.7 Å². The van der Waals surface area contributed by atoms with E-state index in [4.69, 9.17) is 4.42 Å². The molecule has 1 aliphatic rings. The molecule has 0 radical (unpaired) electrons. The van der Waals surface area contributed by atoms with Gasteiger partial charge in [-0.2, -0.15) is 0 Å². The van der Waals surface area contributed by atoms with E-state index < -0.39 is 0 Å². The molecule has 3 rings (SSSR count). The van der Waals surface area contributed by atoms with Crippen molar-refractivity contribution in [3.05, 3.63) is 34.8 Å². The minimum absolute atomic E-state index is 0.222. The molecule has 2 nitrogen and oxygen atoms in total. The van der Waals surface area contributed by atoms with Gasteiger partial charge in [0.05, 0.1) is 6.54 Å². The first-order valence-corrected chi connectivity index (χ1v) is 6.63. The van der Waals surface area contributed by atoms with Crippen LogP contribution in [-0.4, -0.2) is 6.04 Å². The average Bonchev–Trinajstić information content (AvgIpc) is 3.12. The van der Waals surface area contributed by atoms with E-state index in [0.29, 0.717) is 23.7 Å². The third-order valence-electron chi connectivity index (χ3n) is 3.66. The molecule has 0 bridgehead atoms. The first-order valence-electron chi connectivity index (χ1n) is 6.63. The van der Waals surface area contributed by atoms with Crippen molar-refractivity contribution in [2.24, 2.45) is 0 Å². The van der Waals surface area contributed by atoms with Crippen molar-refractivity contribution in [1.82, 2.24) is 5.32 Å². The molecule has 3 heteroatoms. The fourth-order valence-corrected chi connectivity index (χ4v) is 2.38. The lowest BCUT2D eigenvalue weighted by molar-refractivity contribution is 0.488. The summed E-state index contributed by atoms with van der Waals surface area (Å²) in [5.74, 6) is 0.670. The Balaban J connectivity index is 2.03. The van der Waals surface area contributed by atoms with Gasteiger partial charge in [-0.1, -0.05) is 19.1 Å². The summed E-state index contributed by atoms with van der Waals surface area (Å²) < 4.78 is 19.8. The summed E-state index contributed by atoms with van der Waals surface area (Å²) in [4.78, 5) is 0. The molecular weight excluding hydrogens is 229 g/mol. The molecule has 1 aromatic carbocycles. The number of hydrogen-bond acceptors (Lipinski definition) is 2. The third-order valence-corrected chi connectivity index (χ3v) is 3.66. The van der Waals surface area contributed by atoms with E-state index >= 15 is 0 Å². The van der Waals surface area contributed by atoms with Crippen LogP contribution in [0, 0.1) is 12.7 Å². The zero-order valence-electron chi connectivity index (χ0n) is 10.8. The summed E-state index contributed by atoms with van der Waals surface area (Å²) in [5, 5.41) is 4.35. The van der Waals surface area contributed by atoms with Crippen LogP contribution in [0.1, 0.15) is 36.7 Å². The Morgan fingerprint density at radius 2 is 2.17 bits per heavy atom. The normalized spacial score (nSPS) is 15.5. The average molecular weight is 247 g/mol. The Bertz CT molecular complexity index is 584. The van der Waals surface area contributed by atoms with Gasteiger partial charge in [0.15, 0.2) is 11.4 Å². The Hall–Kier alpha value is -1.35. The largest absolute Gasteiger partial charge is 0.456 e. The smallest absolute Gasteiger partial charge is 0.170 e. The van der Waals surface area contributed by atoms with Crippen molar-refractivity contribution in [1.29, 1.82) is 0 Å². The molecule has 18 heavy (non-hydrogen) atoms. The highest BCUT2D eigenvalue weighted by Gasteiger charge is 2.22. The molecule has 0 spiro atoms. The highest BCUT2D eigenvalue weighted by Crippen LogP contribution is 2.30. The van der Waals surface area contributed by atoms with Crippen LogP contribution in [0.15, 0.2) is 16.5 Å². The van der Waals surface area contributed by atoms with E-state index in [1.54, 1.807) is 6.92 Å². The maximum atomic E-state index is 14.0. The maximum absolute atomic E-state index is 14.0. The predicted octanol–water partition coefficient (Wildman–Crippen LogP) is 3.69. The first-order chi connectivity index (χ1) is 8.70. The van der Waals surface area contributed by atoms with Crippen LogP contribution >= 0.6 is 0 Å². The number of aryl methyl sites for hydroxylation is 2. The van der Waals surface area contributed by atoms with E-state index in [1.165, 1.54) is 12.8 Å². The molecule has 1 saturated carbocycles. The lowest BCUT2D eigenvalue weighted by Crippen LogP contribution is -2.15. The van der Waals surface area contributed by atoms with Crippen molar-refractivity contribution in [2.45, 2.75) is 45.7 Å². The summed E-state index contributed by atoms with van der Waals surface area (Å²) in [6.45, 7) is 4.56. The van der Waals surface area contributed by atoms with Gasteiger partial charge in [-0.25, -0.2) is 4.39 Å². The van der Waals surface area contributed by atoms with Gasteiger partial charge in [0.2, 0.25) is 0 Å². The standard InChI is InChI=1S/C15H18FNO/c1-3-11-12-7-4-9(2)14(16)15(12)18-13(11)8-17-10-5-6-10/h4,7,10,17H,3,5-6,8H2,1-2H3. The van der Waals surface area contributed by atoms with Crippen LogP contribution in [-0.2, 0) is 13.0 Å². The van der Waals surface area contributed by atoms with E-state index in [0.717, 1.165) is 23.1 Å². The number of benzene rings is 1. The van der Waals surface area contributed by atoms with Crippen LogP contribution in [0.5, 0.6) is 0 Å². The highest BCUT2D eigenvalue weighted by molar-refractivity contribution is 5.83. The monoisotopic (exact) mass is 247 g/mol. The van der Waals surface area contributed by atoms with Crippen LogP contribution in [0.3, 0.4) is 0 Å². The number of halogens is 1. The molecule has 2 aromatic rings. The molecule has 1 aromatic heterocycles. The summed E-state index contributed by atoms with van der Waals surface area (Å²) in [6.07, 6.45) is 3.36. The SMILES string of the molecule is CCc1c(CNC2CC2)oc2c(F)c(C)ccc12. The van der Waals surface area contributed by atoms with Crippen LogP contribution in [0.4, 0.5) is 4.39 Å². The van der Waals surface area contributed by atoms with Gasteiger partial charge in [0.1, 0.15) is 5.76 Å². The van der Waals surface area contributed by atoms with Gasteiger partial charge in [-0.3, -0.25) is 0 Å². The molecule has 1 N–H and O–H groups in total. The lowest BCUT2D eigenvalue weighted by atomic mass is 10.1. The summed E-state index contributed by atoms with van der Waals surface area (Å²) in [7, 11) is 0. The number of hydrogen-bond donors (Lipinski definition) is 1. The van der Waals surface area contributed by atoms with E-state index in [-0.39, 0.29) is 5.82 Å². The fourth-order valence-electron chi connectivity index (χ4n) is 2.38. The summed E-state index contributed by atoms with van der Waals surface area (Å²) in [6, 6.07) is 4.43. The molecular formula is C15H18FNO. The second-order valence-corrected chi connectivity index (χ2v) is 5.09. The number of rotatable bonds is 4. The van der Waals surface area contributed by atoms with Gasteiger partial charge in [0, 0.05) is 17.0 Å². The molecule has 1 aliphatic carbocycles. The molecule has 1 heterocycles. The molecule has 0 amide bonds. The predicted molar refractivity (Wildman–Crippen MR) is 70.1 cm³/mol. The van der Waals surface area contributed by atoms with Crippen molar-refractivity contribution in [3.63, 3.8) is 0 Å². The molecule has 0 unspecified atom stereocenters. The van der Waals surface area contributed by atoms with Gasteiger partial charge < -0.3 is 9.73 Å². The lowest BCUT2D eigenvalue weighted by Gasteiger charge is -2.01. The fraction of sp³-hybridized carbons (Fsp3) is 0.467. The zero-order valence-corrected chi connectivity index (χ0v) is 10.8. The Morgan fingerprint density at radius 3 is 2.83 bits per heavy atom. The summed E-state index contributed by atoms with van der Waals surface area (Å²) in [5.41, 5.74) is 2.19. The van der Waals surface area contributed by atoms with Gasteiger partial charge in [0.25, 0.3) is 0 Å². The summed E-state index contributed by atoms with van der Waals surface area (Å²) >= 11 is 0. The van der Waals surface area contributed by atoms with Crippen molar-refractivity contribution in [3.8, 4) is 0 Å². The van der Waals surface area contributed by atoms with Gasteiger partial charge >= 0.3 is 0 Å². The Labute approximate surface area is 106 Å². The van der Waals surface area contributed by atoms with E-state index in [1.807, 2.05) is 12.1 Å². The molecule has 0 atom stereocenters. The molecule has 0 aliphatic heterocycles. The van der Waals surface area contributed by atoms with E-state index in [9.17, 15) is 4.39 Å². The van der Waals surface area contributed by atoms with E-state index in [2.05, 4.69) is 12.2 Å². The van der Waals surface area contributed by atoms with Gasteiger partial charge in [-0.15, -0.1) is 0 Å². The molecule has 96 valence electrons. The maximum Gasteiger partial charge on any atom is 0.170 e. The van der Waals surface area contributed by atoms with Crippen molar-refractivity contribution < 1.29 is 8.81 Å². The second kappa shape index (κ2) is 4.39. The van der Waals surface area contributed by atoms with Crippen molar-refractivity contribution in [2.75, 3.05) is 0 Å². The van der Waals surface area contributed by atoms with Crippen LogP contribution in [0.2, 0.25) is 0 Å². The minimum Gasteiger partial charge on any atom is -0.456 e.